The van der Waals surface area contributed by atoms with Gasteiger partial charge in [-0.1, -0.05) is 37.6 Å². The third-order valence-corrected chi connectivity index (χ3v) is 3.14. The molecule has 1 nitrogen and oxygen atoms in total. The van der Waals surface area contributed by atoms with Crippen LogP contribution in [0.1, 0.15) is 43.2 Å². The number of rotatable bonds is 4. The van der Waals surface area contributed by atoms with Crippen molar-refractivity contribution in [2.75, 3.05) is 6.54 Å². The standard InChI is InChI=1S/C13H19N/c1-2-14-10-11-6-8-13(9-7-11)12-4-3-5-12/h6-9,12,14H,2-5,10H2,1H3. The van der Waals surface area contributed by atoms with E-state index in [4.69, 9.17) is 0 Å². The van der Waals surface area contributed by atoms with Crippen LogP contribution in [0.25, 0.3) is 0 Å². The summed E-state index contributed by atoms with van der Waals surface area (Å²) in [5, 5.41) is 3.34. The Labute approximate surface area is 86.5 Å². The highest BCUT2D eigenvalue weighted by atomic mass is 14.8. The molecular formula is C13H19N. The quantitative estimate of drug-likeness (QED) is 0.767. The molecule has 1 aromatic carbocycles. The van der Waals surface area contributed by atoms with Crippen molar-refractivity contribution in [2.45, 2.75) is 38.6 Å². The Hall–Kier alpha value is -0.820. The molecule has 1 fully saturated rings. The van der Waals surface area contributed by atoms with E-state index in [2.05, 4.69) is 36.5 Å². The van der Waals surface area contributed by atoms with Crippen molar-refractivity contribution in [3.05, 3.63) is 35.4 Å². The first-order valence-corrected chi connectivity index (χ1v) is 5.69. The van der Waals surface area contributed by atoms with Gasteiger partial charge in [0.2, 0.25) is 0 Å². The molecule has 0 saturated heterocycles. The monoisotopic (exact) mass is 189 g/mol. The summed E-state index contributed by atoms with van der Waals surface area (Å²) in [5.74, 6) is 0.864. The molecule has 0 unspecified atom stereocenters. The molecule has 0 heterocycles. The van der Waals surface area contributed by atoms with Crippen LogP contribution in [-0.4, -0.2) is 6.54 Å². The van der Waals surface area contributed by atoms with Crippen LogP contribution >= 0.6 is 0 Å². The molecule has 1 heteroatoms. The van der Waals surface area contributed by atoms with Crippen LogP contribution in [0.15, 0.2) is 24.3 Å². The van der Waals surface area contributed by atoms with Gasteiger partial charge in [-0.25, -0.2) is 0 Å². The molecule has 0 amide bonds. The van der Waals surface area contributed by atoms with Gasteiger partial charge < -0.3 is 5.32 Å². The van der Waals surface area contributed by atoms with E-state index in [1.54, 1.807) is 0 Å². The van der Waals surface area contributed by atoms with Crippen molar-refractivity contribution < 1.29 is 0 Å². The molecule has 1 aromatic rings. The second-order valence-electron chi connectivity index (χ2n) is 4.15. The molecule has 0 spiro atoms. The maximum Gasteiger partial charge on any atom is 0.0205 e. The van der Waals surface area contributed by atoms with Crippen LogP contribution in [0.3, 0.4) is 0 Å². The molecule has 1 saturated carbocycles. The van der Waals surface area contributed by atoms with E-state index >= 15 is 0 Å². The van der Waals surface area contributed by atoms with E-state index in [0.717, 1.165) is 19.0 Å². The Morgan fingerprint density at radius 1 is 1.21 bits per heavy atom. The second kappa shape index (κ2) is 4.61. The summed E-state index contributed by atoms with van der Waals surface area (Å²) >= 11 is 0. The minimum absolute atomic E-state index is 0.864. The first kappa shape index (κ1) is 9.72. The predicted octanol–water partition coefficient (Wildman–Crippen LogP) is 3.06. The van der Waals surface area contributed by atoms with E-state index < -0.39 is 0 Å². The molecule has 1 aliphatic rings. The van der Waals surface area contributed by atoms with E-state index in [1.807, 2.05) is 0 Å². The molecule has 0 radical (unpaired) electrons. The highest BCUT2D eigenvalue weighted by Crippen LogP contribution is 2.36. The zero-order valence-electron chi connectivity index (χ0n) is 8.92. The molecule has 1 aliphatic carbocycles. The fourth-order valence-electron chi connectivity index (χ4n) is 1.92. The van der Waals surface area contributed by atoms with Crippen molar-refractivity contribution in [3.63, 3.8) is 0 Å². The Bertz CT molecular complexity index is 272. The maximum atomic E-state index is 3.34. The number of benzene rings is 1. The summed E-state index contributed by atoms with van der Waals surface area (Å²) in [4.78, 5) is 0. The zero-order chi connectivity index (χ0) is 9.80. The van der Waals surface area contributed by atoms with Gasteiger partial charge in [-0.15, -0.1) is 0 Å². The third-order valence-electron chi connectivity index (χ3n) is 3.14. The Morgan fingerprint density at radius 2 is 1.93 bits per heavy atom. The van der Waals surface area contributed by atoms with Crippen molar-refractivity contribution in [3.8, 4) is 0 Å². The van der Waals surface area contributed by atoms with Gasteiger partial charge in [-0.05, 0) is 36.4 Å². The van der Waals surface area contributed by atoms with E-state index in [1.165, 1.54) is 30.4 Å². The summed E-state index contributed by atoms with van der Waals surface area (Å²) in [6.45, 7) is 4.19. The topological polar surface area (TPSA) is 12.0 Å². The number of hydrogen-bond donors (Lipinski definition) is 1. The molecule has 2 rings (SSSR count). The van der Waals surface area contributed by atoms with Crippen molar-refractivity contribution >= 4 is 0 Å². The molecule has 14 heavy (non-hydrogen) atoms. The lowest BCUT2D eigenvalue weighted by Crippen LogP contribution is -2.12. The Balaban J connectivity index is 1.95. The van der Waals surface area contributed by atoms with Crippen LogP contribution in [0.2, 0.25) is 0 Å². The van der Waals surface area contributed by atoms with E-state index in [0.29, 0.717) is 0 Å². The third kappa shape index (κ3) is 2.16. The van der Waals surface area contributed by atoms with Gasteiger partial charge in [0.05, 0.1) is 0 Å². The summed E-state index contributed by atoms with van der Waals surface area (Å²) < 4.78 is 0. The van der Waals surface area contributed by atoms with Crippen molar-refractivity contribution in [1.82, 2.24) is 5.32 Å². The van der Waals surface area contributed by atoms with Gasteiger partial charge in [0.1, 0.15) is 0 Å². The Morgan fingerprint density at radius 3 is 2.43 bits per heavy atom. The largest absolute Gasteiger partial charge is 0.313 e. The summed E-state index contributed by atoms with van der Waals surface area (Å²) in [6, 6.07) is 9.12. The lowest BCUT2D eigenvalue weighted by Gasteiger charge is -2.25. The number of hydrogen-bond acceptors (Lipinski definition) is 1. The van der Waals surface area contributed by atoms with Crippen LogP contribution in [0.5, 0.6) is 0 Å². The molecule has 0 aromatic heterocycles. The SMILES string of the molecule is CCNCc1ccc(C2CCC2)cc1. The molecule has 76 valence electrons. The number of nitrogens with one attached hydrogen (secondary N) is 1. The van der Waals surface area contributed by atoms with Crippen molar-refractivity contribution in [2.24, 2.45) is 0 Å². The summed E-state index contributed by atoms with van der Waals surface area (Å²) in [7, 11) is 0. The average Bonchev–Trinajstić information content (AvgIpc) is 2.14. The van der Waals surface area contributed by atoms with Crippen molar-refractivity contribution in [1.29, 1.82) is 0 Å². The maximum absolute atomic E-state index is 3.34. The highest BCUT2D eigenvalue weighted by Gasteiger charge is 2.18. The van der Waals surface area contributed by atoms with Gasteiger partial charge in [-0.3, -0.25) is 0 Å². The van der Waals surface area contributed by atoms with E-state index in [-0.39, 0.29) is 0 Å². The summed E-state index contributed by atoms with van der Waals surface area (Å²) in [6.07, 6.45) is 4.21. The molecule has 0 bridgehead atoms. The lowest BCUT2D eigenvalue weighted by atomic mass is 9.80. The lowest BCUT2D eigenvalue weighted by molar-refractivity contribution is 0.419. The van der Waals surface area contributed by atoms with Gasteiger partial charge in [0, 0.05) is 6.54 Å². The van der Waals surface area contributed by atoms with Crippen LogP contribution in [0, 0.1) is 0 Å². The molecule has 0 atom stereocenters. The first-order chi connectivity index (χ1) is 6.90. The van der Waals surface area contributed by atoms with Crippen LogP contribution in [-0.2, 0) is 6.54 Å². The minimum atomic E-state index is 0.864. The predicted molar refractivity (Wildman–Crippen MR) is 60.4 cm³/mol. The van der Waals surface area contributed by atoms with Gasteiger partial charge in [0.15, 0.2) is 0 Å². The average molecular weight is 189 g/mol. The van der Waals surface area contributed by atoms with Gasteiger partial charge in [0.25, 0.3) is 0 Å². The fraction of sp³-hybridized carbons (Fsp3) is 0.538. The molecule has 1 N–H and O–H groups in total. The van der Waals surface area contributed by atoms with E-state index in [9.17, 15) is 0 Å². The minimum Gasteiger partial charge on any atom is -0.313 e. The van der Waals surface area contributed by atoms with Gasteiger partial charge in [-0.2, -0.15) is 0 Å². The van der Waals surface area contributed by atoms with Crippen LogP contribution in [0.4, 0.5) is 0 Å². The first-order valence-electron chi connectivity index (χ1n) is 5.69. The molecule has 0 aliphatic heterocycles. The Kier molecular flexibility index (Phi) is 3.20. The van der Waals surface area contributed by atoms with Crippen LogP contribution < -0.4 is 5.32 Å². The molecular weight excluding hydrogens is 170 g/mol. The van der Waals surface area contributed by atoms with Gasteiger partial charge >= 0.3 is 0 Å². The summed E-state index contributed by atoms with van der Waals surface area (Å²) in [5.41, 5.74) is 2.94. The highest BCUT2D eigenvalue weighted by molar-refractivity contribution is 5.26. The fourth-order valence-corrected chi connectivity index (χ4v) is 1.92. The zero-order valence-corrected chi connectivity index (χ0v) is 8.92. The second-order valence-corrected chi connectivity index (χ2v) is 4.15. The normalized spacial score (nSPS) is 16.6. The smallest absolute Gasteiger partial charge is 0.0205 e.